The zero-order valence-corrected chi connectivity index (χ0v) is 39.7. The summed E-state index contributed by atoms with van der Waals surface area (Å²) in [6.45, 7) is 11.4. The van der Waals surface area contributed by atoms with Gasteiger partial charge in [-0.1, -0.05) is 247 Å². The quantitative estimate of drug-likeness (QED) is 0.0346. The van der Waals surface area contributed by atoms with E-state index in [1.54, 1.807) is 0 Å². The minimum Gasteiger partial charge on any atom is -0.462 e. The van der Waals surface area contributed by atoms with E-state index >= 15 is 0 Å². The fraction of sp³-hybridized carbons (Fsp3) is 0.942. The molecule has 0 amide bonds. The van der Waals surface area contributed by atoms with Gasteiger partial charge < -0.3 is 14.2 Å². The van der Waals surface area contributed by atoms with Crippen molar-refractivity contribution in [1.29, 1.82) is 0 Å². The van der Waals surface area contributed by atoms with Gasteiger partial charge in [0.2, 0.25) is 0 Å². The van der Waals surface area contributed by atoms with Gasteiger partial charge in [-0.2, -0.15) is 0 Å². The molecule has 2 atom stereocenters. The lowest BCUT2D eigenvalue weighted by molar-refractivity contribution is -0.167. The Morgan fingerprint density at radius 3 is 0.983 bits per heavy atom. The normalized spacial score (nSPS) is 12.5. The molecular formula is C52H100O6. The lowest BCUT2D eigenvalue weighted by Crippen LogP contribution is -2.30. The van der Waals surface area contributed by atoms with Gasteiger partial charge in [-0.25, -0.2) is 0 Å². The zero-order chi connectivity index (χ0) is 42.6. The predicted molar refractivity (Wildman–Crippen MR) is 247 cm³/mol. The van der Waals surface area contributed by atoms with E-state index in [2.05, 4.69) is 34.6 Å². The van der Waals surface area contributed by atoms with Gasteiger partial charge in [-0.15, -0.1) is 0 Å². The SMILES string of the molecule is CCCCCCCCCCCCCCCCC(=O)OC[C@H](COC(=O)CCCCCCCCCCC(C)CC)OC(=O)CCCCCCCCCCCCCC(C)C. The molecule has 0 heterocycles. The number of ether oxygens (including phenoxy) is 3. The minimum absolute atomic E-state index is 0.0639. The first-order chi connectivity index (χ1) is 28.3. The first-order valence-electron chi connectivity index (χ1n) is 25.8. The summed E-state index contributed by atoms with van der Waals surface area (Å²) in [6, 6.07) is 0. The third-order valence-corrected chi connectivity index (χ3v) is 12.1. The van der Waals surface area contributed by atoms with Crippen molar-refractivity contribution >= 4 is 17.9 Å². The van der Waals surface area contributed by atoms with Crippen LogP contribution in [0.25, 0.3) is 0 Å². The molecule has 0 N–H and O–H groups in total. The van der Waals surface area contributed by atoms with Gasteiger partial charge in [0.05, 0.1) is 0 Å². The number of rotatable bonds is 46. The Morgan fingerprint density at radius 2 is 0.655 bits per heavy atom. The highest BCUT2D eigenvalue weighted by molar-refractivity contribution is 5.71. The summed E-state index contributed by atoms with van der Waals surface area (Å²) in [5.74, 6) is 0.823. The predicted octanol–water partition coefficient (Wildman–Crippen LogP) is 16.5. The molecule has 0 aromatic carbocycles. The molecule has 0 aliphatic rings. The summed E-state index contributed by atoms with van der Waals surface area (Å²) in [4.78, 5) is 37.9. The fourth-order valence-corrected chi connectivity index (χ4v) is 7.78. The van der Waals surface area contributed by atoms with E-state index in [0.29, 0.717) is 19.3 Å². The molecule has 0 bridgehead atoms. The summed E-state index contributed by atoms with van der Waals surface area (Å²) >= 11 is 0. The molecule has 6 nitrogen and oxygen atoms in total. The van der Waals surface area contributed by atoms with Crippen LogP contribution in [0.2, 0.25) is 0 Å². The average Bonchev–Trinajstić information content (AvgIpc) is 3.21. The van der Waals surface area contributed by atoms with Gasteiger partial charge in [-0.05, 0) is 31.1 Å². The van der Waals surface area contributed by atoms with E-state index in [1.807, 2.05) is 0 Å². The maximum Gasteiger partial charge on any atom is 0.306 e. The smallest absolute Gasteiger partial charge is 0.306 e. The fourth-order valence-electron chi connectivity index (χ4n) is 7.78. The van der Waals surface area contributed by atoms with Crippen LogP contribution < -0.4 is 0 Å². The lowest BCUT2D eigenvalue weighted by atomic mass is 9.99. The van der Waals surface area contributed by atoms with Crippen LogP contribution in [0, 0.1) is 11.8 Å². The van der Waals surface area contributed by atoms with Crippen LogP contribution in [0.5, 0.6) is 0 Å². The largest absolute Gasteiger partial charge is 0.462 e. The van der Waals surface area contributed by atoms with Crippen LogP contribution in [0.4, 0.5) is 0 Å². The van der Waals surface area contributed by atoms with E-state index in [1.165, 1.54) is 173 Å². The summed E-state index contributed by atoms with van der Waals surface area (Å²) in [7, 11) is 0. The second kappa shape index (κ2) is 44.9. The van der Waals surface area contributed by atoms with Crippen LogP contribution in [-0.4, -0.2) is 37.2 Å². The summed E-state index contributed by atoms with van der Waals surface area (Å²) in [5, 5.41) is 0. The highest BCUT2D eigenvalue weighted by Gasteiger charge is 2.19. The summed E-state index contributed by atoms with van der Waals surface area (Å²) in [5.41, 5.74) is 0. The zero-order valence-electron chi connectivity index (χ0n) is 39.7. The van der Waals surface area contributed by atoms with Crippen LogP contribution in [0.1, 0.15) is 285 Å². The van der Waals surface area contributed by atoms with Crippen molar-refractivity contribution < 1.29 is 28.6 Å². The molecule has 0 saturated carbocycles. The van der Waals surface area contributed by atoms with Gasteiger partial charge in [0.15, 0.2) is 6.10 Å². The first kappa shape index (κ1) is 56.4. The van der Waals surface area contributed by atoms with Gasteiger partial charge in [-0.3, -0.25) is 14.4 Å². The Hall–Kier alpha value is -1.59. The third kappa shape index (κ3) is 44.0. The molecule has 344 valence electrons. The van der Waals surface area contributed by atoms with Gasteiger partial charge in [0, 0.05) is 19.3 Å². The van der Waals surface area contributed by atoms with E-state index in [9.17, 15) is 14.4 Å². The first-order valence-corrected chi connectivity index (χ1v) is 25.8. The van der Waals surface area contributed by atoms with Crippen molar-refractivity contribution in [2.24, 2.45) is 11.8 Å². The molecule has 0 aromatic heterocycles. The van der Waals surface area contributed by atoms with E-state index in [-0.39, 0.29) is 31.1 Å². The van der Waals surface area contributed by atoms with Gasteiger partial charge in [0.25, 0.3) is 0 Å². The Balaban J connectivity index is 4.33. The number of carbonyl (C=O) groups excluding carboxylic acids is 3. The number of hydrogen-bond acceptors (Lipinski definition) is 6. The molecular weight excluding hydrogens is 721 g/mol. The second-order valence-corrected chi connectivity index (χ2v) is 18.5. The van der Waals surface area contributed by atoms with E-state index in [0.717, 1.165) is 69.6 Å². The van der Waals surface area contributed by atoms with Gasteiger partial charge in [0.1, 0.15) is 13.2 Å². The molecule has 58 heavy (non-hydrogen) atoms. The Morgan fingerprint density at radius 1 is 0.362 bits per heavy atom. The Bertz CT molecular complexity index is 887. The van der Waals surface area contributed by atoms with E-state index < -0.39 is 6.10 Å². The van der Waals surface area contributed by atoms with Crippen molar-refractivity contribution in [3.63, 3.8) is 0 Å². The molecule has 0 rings (SSSR count). The molecule has 0 radical (unpaired) electrons. The Labute approximate surface area is 361 Å². The molecule has 0 aliphatic carbocycles. The minimum atomic E-state index is -0.762. The van der Waals surface area contributed by atoms with Crippen LogP contribution in [0.15, 0.2) is 0 Å². The van der Waals surface area contributed by atoms with Crippen LogP contribution in [0.3, 0.4) is 0 Å². The maximum absolute atomic E-state index is 12.8. The molecule has 0 spiro atoms. The van der Waals surface area contributed by atoms with E-state index in [4.69, 9.17) is 14.2 Å². The maximum atomic E-state index is 12.8. The molecule has 1 unspecified atom stereocenters. The summed E-state index contributed by atoms with van der Waals surface area (Å²) in [6.07, 6.45) is 45.1. The summed E-state index contributed by atoms with van der Waals surface area (Å²) < 4.78 is 16.8. The molecule has 0 aromatic rings. The number of hydrogen-bond donors (Lipinski definition) is 0. The third-order valence-electron chi connectivity index (χ3n) is 12.1. The standard InChI is InChI=1S/C52H100O6/c1-6-8-9-10-11-12-13-14-15-18-21-27-32-37-42-50(53)56-45-49(46-57-51(54)43-38-33-28-24-23-26-31-36-41-48(5)7-2)58-52(55)44-39-34-29-22-19-16-17-20-25-30-35-40-47(3)4/h47-49H,6-46H2,1-5H3/t48?,49-/m1/s1. The van der Waals surface area contributed by atoms with Crippen molar-refractivity contribution in [3.05, 3.63) is 0 Å². The molecule has 0 aliphatic heterocycles. The number of esters is 3. The van der Waals surface area contributed by atoms with Gasteiger partial charge >= 0.3 is 17.9 Å². The highest BCUT2D eigenvalue weighted by Crippen LogP contribution is 2.18. The monoisotopic (exact) mass is 821 g/mol. The van der Waals surface area contributed by atoms with Crippen LogP contribution in [-0.2, 0) is 28.6 Å². The average molecular weight is 821 g/mol. The molecule has 6 heteroatoms. The van der Waals surface area contributed by atoms with Crippen molar-refractivity contribution in [2.75, 3.05) is 13.2 Å². The second-order valence-electron chi connectivity index (χ2n) is 18.5. The highest BCUT2D eigenvalue weighted by atomic mass is 16.6. The van der Waals surface area contributed by atoms with Crippen LogP contribution >= 0.6 is 0 Å². The lowest BCUT2D eigenvalue weighted by Gasteiger charge is -2.18. The van der Waals surface area contributed by atoms with Crippen molar-refractivity contribution in [3.8, 4) is 0 Å². The Kier molecular flexibility index (Phi) is 43.7. The number of unbranched alkanes of at least 4 members (excludes halogenated alkanes) is 30. The molecule has 0 fully saturated rings. The van der Waals surface area contributed by atoms with Crippen molar-refractivity contribution in [1.82, 2.24) is 0 Å². The molecule has 0 saturated heterocycles. The topological polar surface area (TPSA) is 78.9 Å². The number of carbonyl (C=O) groups is 3. The van der Waals surface area contributed by atoms with Crippen molar-refractivity contribution in [2.45, 2.75) is 291 Å².